The Kier molecular flexibility index (Phi) is 18.4. The van der Waals surface area contributed by atoms with E-state index in [0.29, 0.717) is 71.7 Å². The van der Waals surface area contributed by atoms with E-state index in [9.17, 15) is 53.2 Å². The fourth-order valence-corrected chi connectivity index (χ4v) is 6.93. The molecule has 0 aromatic heterocycles. The highest BCUT2D eigenvalue weighted by atomic mass is 16.9. The summed E-state index contributed by atoms with van der Waals surface area (Å²) in [6.45, 7) is 4.15. The molecule has 7 N–H and O–H groups in total. The van der Waals surface area contributed by atoms with Gasteiger partial charge >= 0.3 is 31.5 Å². The van der Waals surface area contributed by atoms with Gasteiger partial charge in [-0.1, -0.05) is 13.8 Å². The van der Waals surface area contributed by atoms with Crippen molar-refractivity contribution in [2.45, 2.75) is 58.1 Å². The van der Waals surface area contributed by atoms with Gasteiger partial charge in [-0.3, -0.25) is 62.8 Å². The van der Waals surface area contributed by atoms with Gasteiger partial charge in [0.1, 0.15) is 12.1 Å². The summed E-state index contributed by atoms with van der Waals surface area (Å²) in [6.07, 6.45) is 0.995. The number of nitrogens with zero attached hydrogens (tertiary/aromatic N) is 5. The van der Waals surface area contributed by atoms with Crippen molar-refractivity contribution >= 4 is 60.5 Å². The smallest absolute Gasteiger partial charge is 0.426 e. The first kappa shape index (κ1) is 47.7. The summed E-state index contributed by atoms with van der Waals surface area (Å²) in [7, 11) is -1.71. The minimum atomic E-state index is -1.80. The molecule has 0 aliphatic carbocycles. The van der Waals surface area contributed by atoms with Crippen LogP contribution in [-0.4, -0.2) is 224 Å². The Morgan fingerprint density at radius 2 is 1.10 bits per heavy atom. The summed E-state index contributed by atoms with van der Waals surface area (Å²) < 4.78 is 15.4. The average molecular weight is 853 g/mol. The highest BCUT2D eigenvalue weighted by Gasteiger charge is 2.39. The summed E-state index contributed by atoms with van der Waals surface area (Å²) in [5.41, 5.74) is 0. The molecule has 5 atom stereocenters. The van der Waals surface area contributed by atoms with Crippen molar-refractivity contribution < 1.29 is 67.4 Å². The maximum atomic E-state index is 13.0. The van der Waals surface area contributed by atoms with Crippen LogP contribution in [0.25, 0.3) is 0 Å². The number of ether oxygens (including phenoxy) is 3. The number of amides is 6. The predicted molar refractivity (Wildman–Crippen MR) is 206 cm³/mol. The molecule has 6 amide bonds. The number of likely N-dealkylation sites (tertiary alicyclic amines) is 1. The molecule has 0 saturated carbocycles. The van der Waals surface area contributed by atoms with Crippen LogP contribution in [0, 0.1) is 5.92 Å². The Labute approximate surface area is 347 Å². The third-order valence-corrected chi connectivity index (χ3v) is 10.3. The van der Waals surface area contributed by atoms with Crippen molar-refractivity contribution in [3.05, 3.63) is 0 Å². The van der Waals surface area contributed by atoms with Crippen LogP contribution in [0.5, 0.6) is 0 Å². The van der Waals surface area contributed by atoms with Crippen LogP contribution in [0.1, 0.15) is 33.6 Å². The van der Waals surface area contributed by atoms with E-state index in [0.717, 1.165) is 0 Å². The third kappa shape index (κ3) is 15.6. The zero-order chi connectivity index (χ0) is 43.9. The van der Waals surface area contributed by atoms with Crippen LogP contribution in [0.4, 0.5) is 0 Å². The third-order valence-electron chi connectivity index (χ3n) is 10.3. The summed E-state index contributed by atoms with van der Waals surface area (Å²) in [6, 6.07) is -2.08. The summed E-state index contributed by atoms with van der Waals surface area (Å²) in [5, 5.41) is 31.5. The fraction of sp³-hybridized carbons (Fsp3) is 0.743. The van der Waals surface area contributed by atoms with E-state index in [2.05, 4.69) is 26.6 Å². The second-order valence-electron chi connectivity index (χ2n) is 15.4. The highest BCUT2D eigenvalue weighted by molar-refractivity contribution is 6.43. The van der Waals surface area contributed by atoms with E-state index >= 15 is 0 Å². The SMILES string of the molecule is CC(C)[C@H](NC(=O)CNC(=O)CNC(=O)CNC(=O)CN1CCN2CCN3CCN(CC1)CC(=O)OC(OC(=O)C2)OC(=O)C3)C(=O)N[C@H](C)C(=O)N1CCC[C@H]1B(O)O. The molecule has 0 spiro atoms. The van der Waals surface area contributed by atoms with Crippen molar-refractivity contribution in [3.63, 3.8) is 0 Å². The Hall–Kier alpha value is -4.95. The first-order chi connectivity index (χ1) is 28.5. The lowest BCUT2D eigenvalue weighted by Gasteiger charge is -2.33. The Morgan fingerprint density at radius 3 is 1.57 bits per heavy atom. The van der Waals surface area contributed by atoms with Gasteiger partial charge in [-0.2, -0.15) is 0 Å². The van der Waals surface area contributed by atoms with Crippen LogP contribution in [0.2, 0.25) is 0 Å². The molecule has 4 aliphatic heterocycles. The zero-order valence-electron chi connectivity index (χ0n) is 34.2. The van der Waals surface area contributed by atoms with Crippen molar-refractivity contribution in [2.75, 3.05) is 105 Å². The number of hydrogen-bond acceptors (Lipinski definition) is 18. The van der Waals surface area contributed by atoms with Crippen LogP contribution in [0.3, 0.4) is 0 Å². The number of fused-ring (bicyclic) bond motifs is 7. The van der Waals surface area contributed by atoms with Gasteiger partial charge in [0.25, 0.3) is 0 Å². The molecule has 4 aliphatic rings. The number of esters is 3. The Bertz CT molecular complexity index is 1550. The highest BCUT2D eigenvalue weighted by Crippen LogP contribution is 2.19. The summed E-state index contributed by atoms with van der Waals surface area (Å²) in [4.78, 5) is 123. The van der Waals surface area contributed by atoms with Crippen molar-refractivity contribution in [1.29, 1.82) is 0 Å². The molecule has 4 heterocycles. The molecule has 60 heavy (non-hydrogen) atoms. The van der Waals surface area contributed by atoms with E-state index in [-0.39, 0.29) is 26.2 Å². The van der Waals surface area contributed by atoms with Gasteiger partial charge in [0.15, 0.2) is 0 Å². The van der Waals surface area contributed by atoms with E-state index in [4.69, 9.17) is 14.2 Å². The minimum Gasteiger partial charge on any atom is -0.426 e. The lowest BCUT2D eigenvalue weighted by atomic mass is 9.78. The zero-order valence-corrected chi connectivity index (χ0v) is 34.2. The molecule has 24 nitrogen and oxygen atoms in total. The molecule has 0 aromatic carbocycles. The monoisotopic (exact) mass is 852 g/mol. The number of carbonyl (C=O) groups is 9. The molecule has 0 radical (unpaired) electrons. The van der Waals surface area contributed by atoms with Gasteiger partial charge in [-0.05, 0) is 25.7 Å². The van der Waals surface area contributed by atoms with E-state index in [1.165, 1.54) is 11.8 Å². The van der Waals surface area contributed by atoms with Gasteiger partial charge in [0, 0.05) is 58.9 Å². The normalized spacial score (nSPS) is 25.1. The maximum absolute atomic E-state index is 13.0. The average Bonchev–Trinajstić information content (AvgIpc) is 3.67. The van der Waals surface area contributed by atoms with Gasteiger partial charge in [0.2, 0.25) is 35.4 Å². The standard InChI is InChI=1S/C35H57BN10O14/c1-22(2)32(33(54)40-23(3)34(55)46-6-4-5-24(46)36(56)57)41-27(49)17-38-25(47)15-37-26(48)16-39-28(50)18-42-7-9-43-11-13-45-14-12-44(10-8-42)20-30(52)59-35(58-29(51)19-43)60-31(53)21-45/h22-24,32,35,56-57H,4-21H2,1-3H3,(H,37,48)(H,38,47)(H,39,50)(H,40,54)(H,41,49)/t23-,24+,32+/m1/s1. The first-order valence-corrected chi connectivity index (χ1v) is 20.0. The van der Waals surface area contributed by atoms with Crippen LogP contribution >= 0.6 is 0 Å². The van der Waals surface area contributed by atoms with Crippen molar-refractivity contribution in [3.8, 4) is 0 Å². The van der Waals surface area contributed by atoms with Crippen LogP contribution < -0.4 is 26.6 Å². The summed E-state index contributed by atoms with van der Waals surface area (Å²) >= 11 is 0. The predicted octanol–water partition coefficient (Wildman–Crippen LogP) is -6.85. The number of hydrogen-bond donors (Lipinski definition) is 7. The fourth-order valence-electron chi connectivity index (χ4n) is 6.93. The lowest BCUT2D eigenvalue weighted by Crippen LogP contribution is -2.57. The van der Waals surface area contributed by atoms with E-state index < -0.39 is 111 Å². The van der Waals surface area contributed by atoms with Crippen LogP contribution in [-0.2, 0) is 57.4 Å². The minimum absolute atomic E-state index is 0.0942. The Morgan fingerprint density at radius 1 is 0.650 bits per heavy atom. The molecule has 2 unspecified atom stereocenters. The Balaban J connectivity index is 1.20. The molecule has 4 bridgehead atoms. The van der Waals surface area contributed by atoms with Gasteiger partial charge in [-0.25, -0.2) is 0 Å². The van der Waals surface area contributed by atoms with Crippen molar-refractivity contribution in [2.24, 2.45) is 5.92 Å². The quantitative estimate of drug-likeness (QED) is 0.0631. The number of carbonyl (C=O) groups excluding carboxylic acids is 9. The van der Waals surface area contributed by atoms with Crippen LogP contribution in [0.15, 0.2) is 0 Å². The second-order valence-corrected chi connectivity index (χ2v) is 15.4. The molecule has 0 aromatic rings. The second kappa shape index (κ2) is 23.2. The molecular weight excluding hydrogens is 795 g/mol. The van der Waals surface area contributed by atoms with Gasteiger partial charge < -0.3 is 55.7 Å². The molecule has 4 saturated heterocycles. The lowest BCUT2D eigenvalue weighted by molar-refractivity contribution is -0.258. The van der Waals surface area contributed by atoms with Gasteiger partial charge in [-0.15, -0.1) is 0 Å². The molecule has 4 rings (SSSR count). The summed E-state index contributed by atoms with van der Waals surface area (Å²) in [5.74, 6) is -7.18. The van der Waals surface area contributed by atoms with E-state index in [1.54, 1.807) is 23.6 Å². The molecule has 25 heteroatoms. The molecule has 334 valence electrons. The first-order valence-electron chi connectivity index (χ1n) is 20.0. The van der Waals surface area contributed by atoms with Gasteiger partial charge in [0.05, 0.1) is 51.8 Å². The number of rotatable bonds is 14. The topological polar surface area (TPSA) is 298 Å². The molecule has 4 fully saturated rings. The number of nitrogens with one attached hydrogen (secondary N) is 5. The largest absolute Gasteiger partial charge is 0.475 e. The molecular formula is C35H57BN10O14. The maximum Gasteiger partial charge on any atom is 0.475 e. The van der Waals surface area contributed by atoms with E-state index in [1.807, 2.05) is 9.80 Å². The van der Waals surface area contributed by atoms with Crippen molar-refractivity contribution in [1.82, 2.24) is 51.1 Å².